The van der Waals surface area contributed by atoms with Crippen LogP contribution in [0.5, 0.6) is 5.75 Å². The fourth-order valence-electron chi connectivity index (χ4n) is 1.35. The highest BCUT2D eigenvalue weighted by molar-refractivity contribution is 5.34. The number of hydrogen-bond acceptors (Lipinski definition) is 1. The van der Waals surface area contributed by atoms with Crippen LogP contribution < -0.4 is 4.74 Å². The van der Waals surface area contributed by atoms with E-state index in [0.29, 0.717) is 11.3 Å². The van der Waals surface area contributed by atoms with Crippen molar-refractivity contribution in [2.45, 2.75) is 32.8 Å². The van der Waals surface area contributed by atoms with E-state index in [-0.39, 0.29) is 17.8 Å². The Balaban J connectivity index is 3.05. The van der Waals surface area contributed by atoms with Crippen LogP contribution in [0.4, 0.5) is 4.39 Å². The molecule has 1 aromatic carbocycles. The second-order valence-electron chi connectivity index (χ2n) is 3.85. The van der Waals surface area contributed by atoms with E-state index in [1.807, 2.05) is 20.8 Å². The van der Waals surface area contributed by atoms with Gasteiger partial charge in [-0.05, 0) is 25.5 Å². The van der Waals surface area contributed by atoms with Crippen LogP contribution in [-0.4, -0.2) is 6.10 Å². The molecule has 0 fully saturated rings. The van der Waals surface area contributed by atoms with Crippen LogP contribution in [-0.2, 0) is 0 Å². The first kappa shape index (κ1) is 11.8. The van der Waals surface area contributed by atoms with Gasteiger partial charge in [-0.2, -0.15) is 0 Å². The Kier molecular flexibility index (Phi) is 3.89. The molecule has 1 unspecified atom stereocenters. The fourth-order valence-corrected chi connectivity index (χ4v) is 1.35. The van der Waals surface area contributed by atoms with Crippen molar-refractivity contribution in [3.63, 3.8) is 0 Å². The first-order valence-corrected chi connectivity index (χ1v) is 5.14. The average molecular weight is 208 g/mol. The van der Waals surface area contributed by atoms with Gasteiger partial charge in [-0.25, -0.2) is 4.39 Å². The highest BCUT2D eigenvalue weighted by atomic mass is 19.1. The van der Waals surface area contributed by atoms with Gasteiger partial charge in [0.05, 0.1) is 6.10 Å². The number of rotatable bonds is 4. The smallest absolute Gasteiger partial charge is 0.168 e. The average Bonchev–Trinajstić information content (AvgIpc) is 2.19. The lowest BCUT2D eigenvalue weighted by Gasteiger charge is -2.14. The lowest BCUT2D eigenvalue weighted by atomic mass is 10.0. The van der Waals surface area contributed by atoms with Crippen LogP contribution in [0, 0.1) is 5.82 Å². The van der Waals surface area contributed by atoms with E-state index in [9.17, 15) is 4.39 Å². The van der Waals surface area contributed by atoms with Gasteiger partial charge >= 0.3 is 0 Å². The van der Waals surface area contributed by atoms with Crippen LogP contribution in [0.2, 0.25) is 0 Å². The van der Waals surface area contributed by atoms with Gasteiger partial charge in [0.25, 0.3) is 0 Å². The summed E-state index contributed by atoms with van der Waals surface area (Å²) in [6.45, 7) is 9.32. The third kappa shape index (κ3) is 2.82. The normalized spacial score (nSPS) is 12.6. The van der Waals surface area contributed by atoms with Crippen molar-refractivity contribution in [2.24, 2.45) is 0 Å². The van der Waals surface area contributed by atoms with Gasteiger partial charge in [0, 0.05) is 5.92 Å². The van der Waals surface area contributed by atoms with E-state index in [0.717, 1.165) is 0 Å². The zero-order valence-electron chi connectivity index (χ0n) is 9.46. The molecule has 0 heterocycles. The molecule has 0 saturated heterocycles. The molecule has 0 aliphatic heterocycles. The molecule has 0 N–H and O–H groups in total. The summed E-state index contributed by atoms with van der Waals surface area (Å²) in [5, 5.41) is 0. The summed E-state index contributed by atoms with van der Waals surface area (Å²) >= 11 is 0. The molecule has 0 saturated carbocycles. The van der Waals surface area contributed by atoms with Crippen molar-refractivity contribution >= 4 is 0 Å². The molecule has 0 aromatic heterocycles. The molecule has 1 atom stereocenters. The van der Waals surface area contributed by atoms with Crippen molar-refractivity contribution in [3.05, 3.63) is 42.2 Å². The Labute approximate surface area is 90.6 Å². The maximum atomic E-state index is 13.9. The van der Waals surface area contributed by atoms with Crippen LogP contribution in [0.3, 0.4) is 0 Å². The van der Waals surface area contributed by atoms with Crippen molar-refractivity contribution < 1.29 is 9.13 Å². The molecule has 1 rings (SSSR count). The first-order chi connectivity index (χ1) is 7.06. The molecule has 82 valence electrons. The minimum atomic E-state index is -0.279. The largest absolute Gasteiger partial charge is 0.488 e. The molecule has 2 heteroatoms. The number of ether oxygens (including phenoxy) is 1. The van der Waals surface area contributed by atoms with Crippen molar-refractivity contribution in [1.82, 2.24) is 0 Å². The third-order valence-electron chi connectivity index (χ3n) is 2.20. The van der Waals surface area contributed by atoms with E-state index >= 15 is 0 Å². The van der Waals surface area contributed by atoms with Gasteiger partial charge in [0.1, 0.15) is 0 Å². The maximum absolute atomic E-state index is 13.9. The topological polar surface area (TPSA) is 9.23 Å². The van der Waals surface area contributed by atoms with Crippen molar-refractivity contribution in [1.29, 1.82) is 0 Å². The molecule has 0 radical (unpaired) electrons. The SMILES string of the molecule is C=CC(C)c1cccc(OC(C)C)c1F. The van der Waals surface area contributed by atoms with Gasteiger partial charge < -0.3 is 4.74 Å². The second kappa shape index (κ2) is 4.96. The second-order valence-corrected chi connectivity index (χ2v) is 3.85. The molecule has 15 heavy (non-hydrogen) atoms. The standard InChI is InChI=1S/C13H17FO/c1-5-10(4)11-7-6-8-12(13(11)14)15-9(2)3/h5-10H,1H2,2-4H3. The van der Waals surface area contributed by atoms with Gasteiger partial charge in [0.2, 0.25) is 0 Å². The monoisotopic (exact) mass is 208 g/mol. The van der Waals surface area contributed by atoms with E-state index in [4.69, 9.17) is 4.74 Å². The van der Waals surface area contributed by atoms with E-state index in [1.54, 1.807) is 24.3 Å². The number of benzene rings is 1. The van der Waals surface area contributed by atoms with Gasteiger partial charge in [-0.3, -0.25) is 0 Å². The molecule has 0 aliphatic carbocycles. The van der Waals surface area contributed by atoms with E-state index < -0.39 is 0 Å². The molecular formula is C13H17FO. The summed E-state index contributed by atoms with van der Waals surface area (Å²) in [6.07, 6.45) is 1.70. The molecule has 0 bridgehead atoms. The maximum Gasteiger partial charge on any atom is 0.168 e. The molecule has 0 aliphatic rings. The summed E-state index contributed by atoms with van der Waals surface area (Å²) in [7, 11) is 0. The Bertz CT molecular complexity index is 344. The molecule has 1 aromatic rings. The van der Waals surface area contributed by atoms with E-state index in [2.05, 4.69) is 6.58 Å². The number of allylic oxidation sites excluding steroid dienone is 1. The summed E-state index contributed by atoms with van der Waals surface area (Å²) in [6, 6.07) is 5.21. The number of halogens is 1. The molecular weight excluding hydrogens is 191 g/mol. The summed E-state index contributed by atoms with van der Waals surface area (Å²) in [5.41, 5.74) is 0.628. The fraction of sp³-hybridized carbons (Fsp3) is 0.385. The minimum Gasteiger partial charge on any atom is -0.488 e. The Morgan fingerprint density at radius 1 is 1.33 bits per heavy atom. The molecule has 1 nitrogen and oxygen atoms in total. The van der Waals surface area contributed by atoms with Crippen molar-refractivity contribution in [3.8, 4) is 5.75 Å². The highest BCUT2D eigenvalue weighted by Gasteiger charge is 2.13. The lowest BCUT2D eigenvalue weighted by molar-refractivity contribution is 0.230. The first-order valence-electron chi connectivity index (χ1n) is 5.14. The lowest BCUT2D eigenvalue weighted by Crippen LogP contribution is -2.08. The summed E-state index contributed by atoms with van der Waals surface area (Å²) in [4.78, 5) is 0. The van der Waals surface area contributed by atoms with Crippen LogP contribution >= 0.6 is 0 Å². The summed E-state index contributed by atoms with van der Waals surface area (Å²) < 4.78 is 19.3. The zero-order chi connectivity index (χ0) is 11.4. The van der Waals surface area contributed by atoms with Gasteiger partial charge in [0.15, 0.2) is 11.6 Å². The minimum absolute atomic E-state index is 0.000659. The zero-order valence-corrected chi connectivity index (χ0v) is 9.46. The Morgan fingerprint density at radius 3 is 2.53 bits per heavy atom. The predicted octanol–water partition coefficient (Wildman–Crippen LogP) is 3.90. The third-order valence-corrected chi connectivity index (χ3v) is 2.20. The Morgan fingerprint density at radius 2 is 2.00 bits per heavy atom. The quantitative estimate of drug-likeness (QED) is 0.682. The van der Waals surface area contributed by atoms with Gasteiger partial charge in [-0.15, -0.1) is 6.58 Å². The van der Waals surface area contributed by atoms with E-state index in [1.165, 1.54) is 0 Å². The molecule has 0 spiro atoms. The number of hydrogen-bond donors (Lipinski definition) is 0. The van der Waals surface area contributed by atoms with Gasteiger partial charge in [-0.1, -0.05) is 25.1 Å². The Hall–Kier alpha value is -1.31. The van der Waals surface area contributed by atoms with Crippen LogP contribution in [0.15, 0.2) is 30.9 Å². The highest BCUT2D eigenvalue weighted by Crippen LogP contribution is 2.27. The van der Waals surface area contributed by atoms with Crippen LogP contribution in [0.25, 0.3) is 0 Å². The van der Waals surface area contributed by atoms with Crippen molar-refractivity contribution in [2.75, 3.05) is 0 Å². The predicted molar refractivity (Wildman–Crippen MR) is 60.8 cm³/mol. The summed E-state index contributed by atoms with van der Waals surface area (Å²) in [5.74, 6) is 0.0375. The van der Waals surface area contributed by atoms with Crippen LogP contribution in [0.1, 0.15) is 32.3 Å². The molecule has 0 amide bonds.